The molecule has 0 spiro atoms. The van der Waals surface area contributed by atoms with E-state index >= 15 is 0 Å². The topological polar surface area (TPSA) is 38.7 Å². The summed E-state index contributed by atoms with van der Waals surface area (Å²) in [5.74, 6) is 0. The summed E-state index contributed by atoms with van der Waals surface area (Å²) in [6.07, 6.45) is 6.72. The summed E-state index contributed by atoms with van der Waals surface area (Å²) in [7, 11) is 0. The van der Waals surface area contributed by atoms with Crippen molar-refractivity contribution in [3.8, 4) is 11.3 Å². The largest absolute Gasteiger partial charge is 0.256 e. The Labute approximate surface area is 84.0 Å². The molecule has 13 heavy (non-hydrogen) atoms. The minimum Gasteiger partial charge on any atom is -0.256 e. The van der Waals surface area contributed by atoms with Gasteiger partial charge in [-0.15, -0.1) is 0 Å². The Bertz CT molecular complexity index is 403. The van der Waals surface area contributed by atoms with Gasteiger partial charge in [0, 0.05) is 28.6 Å². The molecule has 0 unspecified atom stereocenters. The molecule has 0 aliphatic rings. The van der Waals surface area contributed by atoms with Crippen LogP contribution in [0.3, 0.4) is 0 Å². The van der Waals surface area contributed by atoms with E-state index < -0.39 is 0 Å². The van der Waals surface area contributed by atoms with Gasteiger partial charge in [-0.25, -0.2) is 9.97 Å². The van der Waals surface area contributed by atoms with Gasteiger partial charge in [0.15, 0.2) is 0 Å². The van der Waals surface area contributed by atoms with Gasteiger partial charge in [-0.05, 0) is 12.1 Å². The molecule has 0 aliphatic carbocycles. The molecule has 2 aromatic heterocycles. The number of pyridine rings is 1. The molecule has 0 aliphatic heterocycles. The number of rotatable bonds is 1. The monoisotopic (exact) mass is 235 g/mol. The van der Waals surface area contributed by atoms with Gasteiger partial charge < -0.3 is 0 Å². The summed E-state index contributed by atoms with van der Waals surface area (Å²) in [6, 6.07) is 3.81. The maximum atomic E-state index is 4.20. The molecule has 2 heterocycles. The lowest BCUT2D eigenvalue weighted by atomic mass is 10.2. The molecule has 2 rings (SSSR count). The maximum absolute atomic E-state index is 4.20. The zero-order valence-corrected chi connectivity index (χ0v) is 8.27. The Kier molecular flexibility index (Phi) is 2.31. The highest BCUT2D eigenvalue weighted by Crippen LogP contribution is 2.18. The molecule has 0 atom stereocenters. The van der Waals surface area contributed by atoms with Crippen LogP contribution in [0.2, 0.25) is 0 Å². The molecule has 64 valence electrons. The van der Waals surface area contributed by atoms with Crippen molar-refractivity contribution in [2.75, 3.05) is 0 Å². The number of hydrogen-bond acceptors (Lipinski definition) is 3. The van der Waals surface area contributed by atoms with Crippen molar-refractivity contribution >= 4 is 15.9 Å². The first kappa shape index (κ1) is 8.31. The predicted molar refractivity (Wildman–Crippen MR) is 53.0 cm³/mol. The van der Waals surface area contributed by atoms with Crippen LogP contribution >= 0.6 is 15.9 Å². The average Bonchev–Trinajstić information content (AvgIpc) is 2.19. The SMILES string of the molecule is Brc1ccnc(-c2cncnc2)c1. The molecule has 0 bridgehead atoms. The van der Waals surface area contributed by atoms with E-state index in [1.54, 1.807) is 18.6 Å². The molecular weight excluding hydrogens is 230 g/mol. The fraction of sp³-hybridized carbons (Fsp3) is 0. The highest BCUT2D eigenvalue weighted by Gasteiger charge is 1.98. The van der Waals surface area contributed by atoms with E-state index in [4.69, 9.17) is 0 Å². The molecule has 0 aromatic carbocycles. The predicted octanol–water partition coefficient (Wildman–Crippen LogP) is 2.30. The molecule has 0 N–H and O–H groups in total. The first-order valence-electron chi connectivity index (χ1n) is 3.73. The van der Waals surface area contributed by atoms with Gasteiger partial charge in [-0.3, -0.25) is 4.98 Å². The molecule has 4 heteroatoms. The van der Waals surface area contributed by atoms with Crippen LogP contribution in [0.4, 0.5) is 0 Å². The number of aromatic nitrogens is 3. The second kappa shape index (κ2) is 3.62. The molecule has 0 saturated carbocycles. The van der Waals surface area contributed by atoms with Crippen LogP contribution in [0.1, 0.15) is 0 Å². The summed E-state index contributed by atoms with van der Waals surface area (Å²) in [5, 5.41) is 0. The Morgan fingerprint density at radius 1 is 1.15 bits per heavy atom. The summed E-state index contributed by atoms with van der Waals surface area (Å²) < 4.78 is 1.00. The fourth-order valence-electron chi connectivity index (χ4n) is 0.994. The Hall–Kier alpha value is -1.29. The van der Waals surface area contributed by atoms with Gasteiger partial charge in [-0.2, -0.15) is 0 Å². The van der Waals surface area contributed by atoms with E-state index in [2.05, 4.69) is 30.9 Å². The van der Waals surface area contributed by atoms with Gasteiger partial charge in [0.1, 0.15) is 6.33 Å². The third kappa shape index (κ3) is 1.89. The molecule has 0 amide bonds. The Balaban J connectivity index is 2.48. The van der Waals surface area contributed by atoms with E-state index in [0.29, 0.717) is 0 Å². The molecule has 0 saturated heterocycles. The summed E-state index contributed by atoms with van der Waals surface area (Å²) in [5.41, 5.74) is 1.79. The van der Waals surface area contributed by atoms with E-state index in [1.807, 2.05) is 12.1 Å². The smallest absolute Gasteiger partial charge is 0.115 e. The minimum absolute atomic E-state index is 0.870. The van der Waals surface area contributed by atoms with Crippen LogP contribution in [0.15, 0.2) is 41.5 Å². The highest BCUT2D eigenvalue weighted by molar-refractivity contribution is 9.10. The van der Waals surface area contributed by atoms with E-state index in [-0.39, 0.29) is 0 Å². The van der Waals surface area contributed by atoms with Gasteiger partial charge >= 0.3 is 0 Å². The quantitative estimate of drug-likeness (QED) is 0.762. The van der Waals surface area contributed by atoms with Crippen molar-refractivity contribution < 1.29 is 0 Å². The van der Waals surface area contributed by atoms with E-state index in [0.717, 1.165) is 15.7 Å². The van der Waals surface area contributed by atoms with Crippen molar-refractivity contribution in [3.63, 3.8) is 0 Å². The zero-order chi connectivity index (χ0) is 9.10. The standard InChI is InChI=1S/C9H6BrN3/c10-8-1-2-13-9(3-8)7-4-11-6-12-5-7/h1-6H. The fourth-order valence-corrected chi connectivity index (χ4v) is 1.33. The summed E-state index contributed by atoms with van der Waals surface area (Å²) >= 11 is 3.38. The highest BCUT2D eigenvalue weighted by atomic mass is 79.9. The lowest BCUT2D eigenvalue weighted by Crippen LogP contribution is -1.84. The second-order valence-electron chi connectivity index (χ2n) is 2.49. The van der Waals surface area contributed by atoms with Crippen LogP contribution in [0, 0.1) is 0 Å². The van der Waals surface area contributed by atoms with Crippen LogP contribution < -0.4 is 0 Å². The number of hydrogen-bond donors (Lipinski definition) is 0. The zero-order valence-electron chi connectivity index (χ0n) is 6.68. The normalized spacial score (nSPS) is 9.92. The average molecular weight is 236 g/mol. The van der Waals surface area contributed by atoms with Gasteiger partial charge in [-0.1, -0.05) is 15.9 Å². The molecule has 0 radical (unpaired) electrons. The second-order valence-corrected chi connectivity index (χ2v) is 3.40. The van der Waals surface area contributed by atoms with Crippen LogP contribution in [0.5, 0.6) is 0 Å². The third-order valence-corrected chi connectivity index (χ3v) is 2.07. The van der Waals surface area contributed by atoms with Crippen LogP contribution in [-0.2, 0) is 0 Å². The summed E-state index contributed by atoms with van der Waals surface area (Å²) in [6.45, 7) is 0. The van der Waals surface area contributed by atoms with Crippen molar-refractivity contribution in [2.45, 2.75) is 0 Å². The molecular formula is C9H6BrN3. The number of nitrogens with zero attached hydrogens (tertiary/aromatic N) is 3. The molecule has 3 nitrogen and oxygen atoms in total. The van der Waals surface area contributed by atoms with Crippen molar-refractivity contribution in [1.29, 1.82) is 0 Å². The number of halogens is 1. The van der Waals surface area contributed by atoms with E-state index in [1.165, 1.54) is 6.33 Å². The van der Waals surface area contributed by atoms with Crippen LogP contribution in [0.25, 0.3) is 11.3 Å². The van der Waals surface area contributed by atoms with Gasteiger partial charge in [0.2, 0.25) is 0 Å². The first-order valence-corrected chi connectivity index (χ1v) is 4.52. The third-order valence-electron chi connectivity index (χ3n) is 1.58. The maximum Gasteiger partial charge on any atom is 0.115 e. The van der Waals surface area contributed by atoms with Gasteiger partial charge in [0.05, 0.1) is 5.69 Å². The van der Waals surface area contributed by atoms with Crippen molar-refractivity contribution in [1.82, 2.24) is 15.0 Å². The van der Waals surface area contributed by atoms with Crippen molar-refractivity contribution in [2.24, 2.45) is 0 Å². The lowest BCUT2D eigenvalue weighted by molar-refractivity contribution is 1.16. The Morgan fingerprint density at radius 3 is 2.62 bits per heavy atom. The summed E-state index contributed by atoms with van der Waals surface area (Å²) in [4.78, 5) is 12.0. The Morgan fingerprint density at radius 2 is 1.92 bits per heavy atom. The van der Waals surface area contributed by atoms with Crippen LogP contribution in [-0.4, -0.2) is 15.0 Å². The van der Waals surface area contributed by atoms with Crippen molar-refractivity contribution in [3.05, 3.63) is 41.5 Å². The first-order chi connectivity index (χ1) is 6.36. The minimum atomic E-state index is 0.870. The molecule has 0 fully saturated rings. The van der Waals surface area contributed by atoms with E-state index in [9.17, 15) is 0 Å². The lowest BCUT2D eigenvalue weighted by Gasteiger charge is -1.98. The molecule has 2 aromatic rings. The van der Waals surface area contributed by atoms with Gasteiger partial charge in [0.25, 0.3) is 0 Å².